The van der Waals surface area contributed by atoms with Gasteiger partial charge in [-0.1, -0.05) is 54.6 Å². The van der Waals surface area contributed by atoms with Gasteiger partial charge in [-0.05, 0) is 66.1 Å². The molecule has 2 atom stereocenters. The van der Waals surface area contributed by atoms with Crippen molar-refractivity contribution in [2.45, 2.75) is 38.3 Å². The topological polar surface area (TPSA) is 64.8 Å². The Hall–Kier alpha value is -3.31. The molecule has 1 amide bonds. The number of benzene rings is 3. The summed E-state index contributed by atoms with van der Waals surface area (Å²) < 4.78 is 11.2. The molecular weight excluding hydrogens is 412 g/mol. The Morgan fingerprint density at radius 1 is 1.03 bits per heavy atom. The number of nitrogens with zero attached hydrogens (tertiary/aromatic N) is 1. The molecule has 0 spiro atoms. The van der Waals surface area contributed by atoms with E-state index >= 15 is 0 Å². The van der Waals surface area contributed by atoms with Crippen LogP contribution in [0.1, 0.15) is 46.3 Å². The highest BCUT2D eigenvalue weighted by molar-refractivity contribution is 5.81. The Bertz CT molecular complexity index is 1110. The fourth-order valence-electron chi connectivity index (χ4n) is 5.02. The van der Waals surface area contributed by atoms with Crippen molar-refractivity contribution in [1.29, 1.82) is 0 Å². The highest BCUT2D eigenvalue weighted by Gasteiger charge is 2.36. The number of nitrogens with two attached hydrogens (primary N) is 1. The maximum Gasteiger partial charge on any atom is 0.239 e. The van der Waals surface area contributed by atoms with Gasteiger partial charge in [0.05, 0.1) is 14.2 Å². The molecule has 0 aromatic heterocycles. The Labute approximate surface area is 196 Å². The molecule has 2 unspecified atom stereocenters. The summed E-state index contributed by atoms with van der Waals surface area (Å²) >= 11 is 0. The van der Waals surface area contributed by atoms with Gasteiger partial charge in [-0.15, -0.1) is 0 Å². The van der Waals surface area contributed by atoms with E-state index in [4.69, 9.17) is 15.2 Å². The van der Waals surface area contributed by atoms with Crippen molar-refractivity contribution in [3.05, 3.63) is 94.5 Å². The monoisotopic (exact) mass is 444 g/mol. The summed E-state index contributed by atoms with van der Waals surface area (Å²) in [6, 6.07) is 22.0. The van der Waals surface area contributed by atoms with Gasteiger partial charge in [-0.3, -0.25) is 9.69 Å². The molecular formula is C28H32N2O3. The number of carbonyl (C=O) groups is 1. The van der Waals surface area contributed by atoms with Crippen LogP contribution in [0.15, 0.2) is 66.7 Å². The molecule has 0 saturated heterocycles. The van der Waals surface area contributed by atoms with Crippen LogP contribution in [0.2, 0.25) is 0 Å². The summed E-state index contributed by atoms with van der Waals surface area (Å²) in [5.41, 5.74) is 11.9. The first-order chi connectivity index (χ1) is 16.0. The molecule has 1 aliphatic heterocycles. The summed E-state index contributed by atoms with van der Waals surface area (Å²) in [5.74, 6) is 1.11. The third kappa shape index (κ3) is 4.74. The minimum atomic E-state index is -0.491. The van der Waals surface area contributed by atoms with Crippen LogP contribution in [-0.4, -0.2) is 31.6 Å². The fourth-order valence-corrected chi connectivity index (χ4v) is 5.02. The van der Waals surface area contributed by atoms with Crippen LogP contribution in [0.4, 0.5) is 0 Å². The second-order valence-electron chi connectivity index (χ2n) is 8.59. The van der Waals surface area contributed by atoms with Gasteiger partial charge in [-0.2, -0.15) is 0 Å². The molecule has 0 bridgehead atoms. The van der Waals surface area contributed by atoms with Gasteiger partial charge in [0.15, 0.2) is 11.5 Å². The molecule has 1 aliphatic rings. The van der Waals surface area contributed by atoms with Crippen molar-refractivity contribution >= 4 is 5.91 Å². The number of carbonyl (C=O) groups excluding carboxylic acids is 1. The Balaban J connectivity index is 1.77. The molecule has 0 aliphatic carbocycles. The minimum absolute atomic E-state index is 0.0193. The van der Waals surface area contributed by atoms with E-state index in [1.165, 1.54) is 22.3 Å². The predicted octanol–water partition coefficient (Wildman–Crippen LogP) is 4.77. The normalized spacial score (nSPS) is 16.6. The smallest absolute Gasteiger partial charge is 0.239 e. The number of rotatable bonds is 8. The van der Waals surface area contributed by atoms with Gasteiger partial charge in [0, 0.05) is 12.6 Å². The number of hydrogen-bond donors (Lipinski definition) is 1. The summed E-state index contributed by atoms with van der Waals surface area (Å²) in [4.78, 5) is 15.0. The van der Waals surface area contributed by atoms with E-state index in [9.17, 15) is 4.79 Å². The molecule has 172 valence electrons. The van der Waals surface area contributed by atoms with Gasteiger partial charge in [0.25, 0.3) is 0 Å². The maximum atomic E-state index is 12.7. The average molecular weight is 445 g/mol. The summed E-state index contributed by atoms with van der Waals surface area (Å²) in [6.07, 6.45) is 2.58. The van der Waals surface area contributed by atoms with Gasteiger partial charge in [0.1, 0.15) is 6.04 Å². The lowest BCUT2D eigenvalue weighted by Gasteiger charge is -2.41. The summed E-state index contributed by atoms with van der Waals surface area (Å²) in [7, 11) is 3.32. The molecule has 0 fully saturated rings. The third-order valence-corrected chi connectivity index (χ3v) is 6.71. The van der Waals surface area contributed by atoms with E-state index in [-0.39, 0.29) is 11.9 Å². The zero-order valence-electron chi connectivity index (χ0n) is 19.6. The zero-order valence-corrected chi connectivity index (χ0v) is 19.6. The average Bonchev–Trinajstić information content (AvgIpc) is 2.83. The number of aryl methyl sites for hydroxylation is 2. The van der Waals surface area contributed by atoms with Crippen LogP contribution in [0, 0.1) is 6.92 Å². The molecule has 5 nitrogen and oxygen atoms in total. The zero-order chi connectivity index (χ0) is 23.4. The molecule has 0 saturated carbocycles. The number of methoxy groups -OCH3 is 2. The van der Waals surface area contributed by atoms with Crippen LogP contribution >= 0.6 is 0 Å². The van der Waals surface area contributed by atoms with Gasteiger partial charge in [0.2, 0.25) is 5.91 Å². The molecule has 3 aromatic carbocycles. The Kier molecular flexibility index (Phi) is 6.99. The van der Waals surface area contributed by atoms with Crippen molar-refractivity contribution in [3.63, 3.8) is 0 Å². The van der Waals surface area contributed by atoms with E-state index in [1.54, 1.807) is 14.2 Å². The number of fused-ring (bicyclic) bond motifs is 1. The second kappa shape index (κ2) is 10.1. The Morgan fingerprint density at radius 3 is 2.36 bits per heavy atom. The van der Waals surface area contributed by atoms with Crippen LogP contribution in [-0.2, 0) is 17.6 Å². The van der Waals surface area contributed by atoms with Crippen molar-refractivity contribution in [1.82, 2.24) is 4.90 Å². The number of primary amides is 1. The summed E-state index contributed by atoms with van der Waals surface area (Å²) in [5, 5.41) is 0. The van der Waals surface area contributed by atoms with Gasteiger partial charge >= 0.3 is 0 Å². The highest BCUT2D eigenvalue weighted by atomic mass is 16.5. The van der Waals surface area contributed by atoms with Crippen molar-refractivity contribution < 1.29 is 14.3 Å². The van der Waals surface area contributed by atoms with Gasteiger partial charge in [-0.25, -0.2) is 0 Å². The van der Waals surface area contributed by atoms with E-state index < -0.39 is 6.04 Å². The minimum Gasteiger partial charge on any atom is -0.493 e. The molecule has 1 heterocycles. The lowest BCUT2D eigenvalue weighted by Crippen LogP contribution is -2.44. The molecule has 2 N–H and O–H groups in total. The number of ether oxygens (including phenoxy) is 2. The second-order valence-corrected chi connectivity index (χ2v) is 8.59. The number of hydrogen-bond acceptors (Lipinski definition) is 4. The standard InChI is InChI=1S/C28H32N2O3/c1-19-9-7-8-10-20(19)13-14-24-23-18-26(33-3)25(32-2)17-22(23)15-16-30(24)27(28(29)31)21-11-5-4-6-12-21/h4-12,17-18,24,27H,13-16H2,1-3H3,(H2,29,31). The summed E-state index contributed by atoms with van der Waals surface area (Å²) in [6.45, 7) is 2.88. The molecule has 3 aromatic rings. The fraction of sp³-hybridized carbons (Fsp3) is 0.321. The van der Waals surface area contributed by atoms with Crippen molar-refractivity contribution in [3.8, 4) is 11.5 Å². The van der Waals surface area contributed by atoms with Crippen LogP contribution < -0.4 is 15.2 Å². The van der Waals surface area contributed by atoms with E-state index in [0.29, 0.717) is 5.75 Å². The molecule has 4 rings (SSSR count). The third-order valence-electron chi connectivity index (χ3n) is 6.71. The number of amides is 1. The van der Waals surface area contributed by atoms with E-state index in [1.807, 2.05) is 30.3 Å². The first-order valence-electron chi connectivity index (χ1n) is 11.4. The maximum absolute atomic E-state index is 12.7. The SMILES string of the molecule is COc1cc2c(cc1OC)C(CCc1ccccc1C)N(C(C(N)=O)c1ccccc1)CC2. The molecule has 0 radical (unpaired) electrons. The highest BCUT2D eigenvalue weighted by Crippen LogP contribution is 2.43. The lowest BCUT2D eigenvalue weighted by atomic mass is 9.86. The van der Waals surface area contributed by atoms with Crippen molar-refractivity contribution in [2.24, 2.45) is 5.73 Å². The molecule has 33 heavy (non-hydrogen) atoms. The van der Waals surface area contributed by atoms with Crippen LogP contribution in [0.25, 0.3) is 0 Å². The first kappa shape index (κ1) is 22.9. The quantitative estimate of drug-likeness (QED) is 0.544. The van der Waals surface area contributed by atoms with E-state index in [2.05, 4.69) is 48.2 Å². The predicted molar refractivity (Wildman–Crippen MR) is 131 cm³/mol. The van der Waals surface area contributed by atoms with Crippen molar-refractivity contribution in [2.75, 3.05) is 20.8 Å². The molecule has 5 heteroatoms. The van der Waals surface area contributed by atoms with Crippen LogP contribution in [0.3, 0.4) is 0 Å². The largest absolute Gasteiger partial charge is 0.493 e. The van der Waals surface area contributed by atoms with Gasteiger partial charge < -0.3 is 15.2 Å². The Morgan fingerprint density at radius 2 is 1.70 bits per heavy atom. The van der Waals surface area contributed by atoms with Crippen LogP contribution in [0.5, 0.6) is 11.5 Å². The first-order valence-corrected chi connectivity index (χ1v) is 11.4. The van der Waals surface area contributed by atoms with E-state index in [0.717, 1.165) is 37.1 Å². The lowest BCUT2D eigenvalue weighted by molar-refractivity contribution is -0.124.